The van der Waals surface area contributed by atoms with Crippen molar-refractivity contribution in [2.75, 3.05) is 11.5 Å². The van der Waals surface area contributed by atoms with Crippen molar-refractivity contribution in [2.45, 2.75) is 25.7 Å². The number of halogens is 3. The summed E-state index contributed by atoms with van der Waals surface area (Å²) in [7, 11) is 0. The number of aliphatic hydroxyl groups is 1. The molecule has 1 saturated heterocycles. The van der Waals surface area contributed by atoms with Crippen molar-refractivity contribution in [1.29, 1.82) is 0 Å². The molecule has 6 nitrogen and oxygen atoms in total. The van der Waals surface area contributed by atoms with Gasteiger partial charge in [-0.2, -0.15) is 0 Å². The largest absolute Gasteiger partial charge is 0.573 e. The first-order valence-electron chi connectivity index (χ1n) is 11.1. The van der Waals surface area contributed by atoms with Crippen molar-refractivity contribution in [3.8, 4) is 11.5 Å². The molecule has 1 heterocycles. The van der Waals surface area contributed by atoms with Crippen LogP contribution in [0.3, 0.4) is 0 Å². The van der Waals surface area contributed by atoms with Gasteiger partial charge in [-0.3, -0.25) is 14.5 Å². The lowest BCUT2D eigenvalue weighted by molar-refractivity contribution is -0.274. The molecule has 0 aromatic heterocycles. The maximum Gasteiger partial charge on any atom is 0.573 e. The number of Topliss-reactive ketones (excluding diaryl/α,β-unsaturated/α-hetero) is 1. The number of carbonyl (C=O) groups excluding carboxylic acids is 2. The van der Waals surface area contributed by atoms with Gasteiger partial charge < -0.3 is 14.6 Å². The van der Waals surface area contributed by atoms with Crippen molar-refractivity contribution < 1.29 is 37.3 Å². The summed E-state index contributed by atoms with van der Waals surface area (Å²) in [6.07, 6.45) is -4.09. The number of benzene rings is 3. The Labute approximate surface area is 205 Å². The minimum atomic E-state index is -4.87. The van der Waals surface area contributed by atoms with E-state index in [2.05, 4.69) is 4.74 Å². The third-order valence-electron chi connectivity index (χ3n) is 5.49. The number of amides is 1. The zero-order valence-electron chi connectivity index (χ0n) is 19.2. The van der Waals surface area contributed by atoms with Gasteiger partial charge in [-0.05, 0) is 48.4 Å². The highest BCUT2D eigenvalue weighted by Gasteiger charge is 2.47. The van der Waals surface area contributed by atoms with E-state index < -0.39 is 29.8 Å². The molecule has 1 aliphatic heterocycles. The normalized spacial score (nSPS) is 17.3. The Balaban J connectivity index is 1.80. The van der Waals surface area contributed by atoms with E-state index >= 15 is 0 Å². The number of hydrogen-bond donors (Lipinski definition) is 1. The molecule has 1 aliphatic rings. The van der Waals surface area contributed by atoms with Gasteiger partial charge in [0.05, 0.1) is 18.2 Å². The Bertz CT molecular complexity index is 1290. The molecule has 36 heavy (non-hydrogen) atoms. The minimum absolute atomic E-state index is 0.144. The molecule has 4 rings (SSSR count). The number of nitrogens with zero attached hydrogens (tertiary/aromatic N) is 1. The van der Waals surface area contributed by atoms with Crippen LogP contribution in [-0.4, -0.2) is 29.8 Å². The number of anilines is 1. The van der Waals surface area contributed by atoms with Gasteiger partial charge in [-0.1, -0.05) is 49.4 Å². The molecule has 0 radical (unpaired) electrons. The number of ether oxygens (including phenoxy) is 2. The van der Waals surface area contributed by atoms with Gasteiger partial charge in [0.25, 0.3) is 11.7 Å². The van der Waals surface area contributed by atoms with E-state index in [0.717, 1.165) is 23.5 Å². The molecule has 3 aromatic carbocycles. The van der Waals surface area contributed by atoms with Crippen LogP contribution in [0.1, 0.15) is 30.5 Å². The Morgan fingerprint density at radius 2 is 1.64 bits per heavy atom. The minimum Gasteiger partial charge on any atom is -0.507 e. The lowest BCUT2D eigenvalue weighted by Gasteiger charge is -2.25. The van der Waals surface area contributed by atoms with E-state index in [1.807, 2.05) is 6.92 Å². The van der Waals surface area contributed by atoms with Crippen molar-refractivity contribution in [3.05, 3.63) is 95.6 Å². The van der Waals surface area contributed by atoms with Gasteiger partial charge >= 0.3 is 6.36 Å². The fourth-order valence-corrected chi connectivity index (χ4v) is 3.97. The van der Waals surface area contributed by atoms with Gasteiger partial charge in [0.2, 0.25) is 0 Å². The van der Waals surface area contributed by atoms with Crippen LogP contribution in [0.4, 0.5) is 18.9 Å². The van der Waals surface area contributed by atoms with E-state index in [0.29, 0.717) is 17.9 Å². The molecular formula is C27H22F3NO5. The van der Waals surface area contributed by atoms with E-state index in [1.54, 1.807) is 54.6 Å². The standard InChI is InChI=1S/C27H22F3NO5/c1-2-15-35-21-10-6-9-18(16-21)24(32)22-23(17-7-4-3-5-8-17)31(26(34)25(22)33)19-11-13-20(14-12-19)36-27(28,29)30/h3-14,16,23,32H,2,15H2,1H3/b24-22-. The summed E-state index contributed by atoms with van der Waals surface area (Å²) in [6, 6.07) is 18.7. The van der Waals surface area contributed by atoms with Gasteiger partial charge in [0.15, 0.2) is 0 Å². The second-order valence-electron chi connectivity index (χ2n) is 8.00. The topological polar surface area (TPSA) is 76.1 Å². The third-order valence-corrected chi connectivity index (χ3v) is 5.49. The fraction of sp³-hybridized carbons (Fsp3) is 0.185. The summed E-state index contributed by atoms with van der Waals surface area (Å²) in [5, 5.41) is 11.2. The van der Waals surface area contributed by atoms with Crippen LogP contribution in [0.15, 0.2) is 84.4 Å². The van der Waals surface area contributed by atoms with E-state index in [1.165, 1.54) is 12.1 Å². The summed E-state index contributed by atoms with van der Waals surface area (Å²) in [5.74, 6) is -2.21. The highest BCUT2D eigenvalue weighted by atomic mass is 19.4. The first-order valence-corrected chi connectivity index (χ1v) is 11.1. The highest BCUT2D eigenvalue weighted by Crippen LogP contribution is 2.42. The average Bonchev–Trinajstić information content (AvgIpc) is 3.13. The van der Waals surface area contributed by atoms with Crippen molar-refractivity contribution in [2.24, 2.45) is 0 Å². The van der Waals surface area contributed by atoms with E-state index in [-0.39, 0.29) is 22.6 Å². The number of hydrogen-bond acceptors (Lipinski definition) is 5. The molecule has 1 amide bonds. The Morgan fingerprint density at radius 3 is 2.28 bits per heavy atom. The molecule has 1 unspecified atom stereocenters. The Morgan fingerprint density at radius 1 is 0.944 bits per heavy atom. The third kappa shape index (κ3) is 5.19. The molecule has 1 fully saturated rings. The molecule has 0 spiro atoms. The van der Waals surface area contributed by atoms with Crippen LogP contribution in [0.5, 0.6) is 11.5 Å². The Hall–Kier alpha value is -4.27. The second kappa shape index (κ2) is 10.2. The predicted molar refractivity (Wildman–Crippen MR) is 127 cm³/mol. The van der Waals surface area contributed by atoms with Gasteiger partial charge in [-0.15, -0.1) is 13.2 Å². The lowest BCUT2D eigenvalue weighted by Crippen LogP contribution is -2.29. The summed E-state index contributed by atoms with van der Waals surface area (Å²) >= 11 is 0. The molecule has 1 atom stereocenters. The van der Waals surface area contributed by atoms with Crippen LogP contribution in [0.2, 0.25) is 0 Å². The summed E-state index contributed by atoms with van der Waals surface area (Å²) in [4.78, 5) is 27.5. The van der Waals surface area contributed by atoms with Crippen LogP contribution in [0, 0.1) is 0 Å². The second-order valence-corrected chi connectivity index (χ2v) is 8.00. The number of ketones is 1. The van der Waals surface area contributed by atoms with E-state index in [4.69, 9.17) is 4.74 Å². The summed E-state index contributed by atoms with van der Waals surface area (Å²) < 4.78 is 47.2. The molecule has 1 N–H and O–H groups in total. The van der Waals surface area contributed by atoms with Crippen LogP contribution < -0.4 is 14.4 Å². The number of rotatable bonds is 7. The number of aliphatic hydroxyl groups excluding tert-OH is 1. The van der Waals surface area contributed by atoms with Crippen LogP contribution in [-0.2, 0) is 9.59 Å². The predicted octanol–water partition coefficient (Wildman–Crippen LogP) is 6.00. The monoisotopic (exact) mass is 497 g/mol. The van der Waals surface area contributed by atoms with Crippen molar-refractivity contribution in [1.82, 2.24) is 0 Å². The average molecular weight is 497 g/mol. The summed E-state index contributed by atoms with van der Waals surface area (Å²) in [6.45, 7) is 2.42. The van der Waals surface area contributed by atoms with Gasteiger partial charge in [-0.25, -0.2) is 0 Å². The highest BCUT2D eigenvalue weighted by molar-refractivity contribution is 6.51. The van der Waals surface area contributed by atoms with Crippen LogP contribution >= 0.6 is 0 Å². The first-order chi connectivity index (χ1) is 17.2. The van der Waals surface area contributed by atoms with Crippen molar-refractivity contribution >= 4 is 23.1 Å². The smallest absolute Gasteiger partial charge is 0.507 e. The first kappa shape index (κ1) is 24.8. The molecule has 186 valence electrons. The molecule has 0 bridgehead atoms. The maximum atomic E-state index is 13.2. The van der Waals surface area contributed by atoms with Gasteiger partial charge in [0, 0.05) is 11.3 Å². The molecular weight excluding hydrogens is 475 g/mol. The number of carbonyl (C=O) groups is 2. The molecule has 3 aromatic rings. The van der Waals surface area contributed by atoms with E-state index in [9.17, 15) is 27.9 Å². The van der Waals surface area contributed by atoms with Crippen molar-refractivity contribution in [3.63, 3.8) is 0 Å². The quantitative estimate of drug-likeness (QED) is 0.246. The maximum absolute atomic E-state index is 13.2. The SMILES string of the molecule is CCCOc1cccc(/C(O)=C2/C(=O)C(=O)N(c3ccc(OC(F)(F)F)cc3)C2c2ccccc2)c1. The lowest BCUT2D eigenvalue weighted by atomic mass is 9.95. The molecule has 0 aliphatic carbocycles. The fourth-order valence-electron chi connectivity index (χ4n) is 3.97. The molecule has 0 saturated carbocycles. The van der Waals surface area contributed by atoms with Crippen LogP contribution in [0.25, 0.3) is 5.76 Å². The molecule has 9 heteroatoms. The summed E-state index contributed by atoms with van der Waals surface area (Å²) in [5.41, 5.74) is 0.845. The van der Waals surface area contributed by atoms with Gasteiger partial charge in [0.1, 0.15) is 17.3 Å². The zero-order chi connectivity index (χ0) is 25.9. The Kier molecular flexibility index (Phi) is 7.00. The zero-order valence-corrected chi connectivity index (χ0v) is 19.2. The number of alkyl halides is 3.